The maximum absolute atomic E-state index is 12.2. The fourth-order valence-corrected chi connectivity index (χ4v) is 1.98. The second-order valence-electron chi connectivity index (χ2n) is 3.65. The van der Waals surface area contributed by atoms with Crippen LogP contribution in [0, 0.1) is 0 Å². The SMILES string of the molecule is O=C(O)[C@@H](Cc1ccccc1)NS(=O)(=O)C(F)(F)F. The van der Waals surface area contributed by atoms with Crippen molar-refractivity contribution >= 4 is 16.0 Å². The van der Waals surface area contributed by atoms with Gasteiger partial charge in [-0.25, -0.2) is 8.42 Å². The van der Waals surface area contributed by atoms with Crippen molar-refractivity contribution in [3.8, 4) is 0 Å². The first kappa shape index (κ1) is 15.4. The number of nitrogens with one attached hydrogen (secondary N) is 1. The van der Waals surface area contributed by atoms with Gasteiger partial charge in [-0.15, -0.1) is 0 Å². The van der Waals surface area contributed by atoms with Crippen LogP contribution in [0.2, 0.25) is 0 Å². The maximum Gasteiger partial charge on any atom is 0.511 e. The summed E-state index contributed by atoms with van der Waals surface area (Å²) in [6, 6.07) is 5.85. The van der Waals surface area contributed by atoms with Gasteiger partial charge in [0.25, 0.3) is 0 Å². The van der Waals surface area contributed by atoms with Gasteiger partial charge in [0.15, 0.2) is 0 Å². The maximum atomic E-state index is 12.2. The van der Waals surface area contributed by atoms with Crippen LogP contribution in [0.25, 0.3) is 0 Å². The predicted octanol–water partition coefficient (Wildman–Crippen LogP) is 1.12. The van der Waals surface area contributed by atoms with Gasteiger partial charge in [-0.1, -0.05) is 30.3 Å². The highest BCUT2D eigenvalue weighted by Crippen LogP contribution is 2.22. The van der Waals surface area contributed by atoms with Crippen molar-refractivity contribution < 1.29 is 31.5 Å². The van der Waals surface area contributed by atoms with Gasteiger partial charge in [0, 0.05) is 0 Å². The summed E-state index contributed by atoms with van der Waals surface area (Å²) in [5, 5.41) is 8.77. The number of carboxylic acid groups (broad SMARTS) is 1. The van der Waals surface area contributed by atoms with Gasteiger partial charge >= 0.3 is 21.5 Å². The zero-order valence-electron chi connectivity index (χ0n) is 9.39. The fourth-order valence-electron chi connectivity index (χ4n) is 1.28. The second-order valence-corrected chi connectivity index (χ2v) is 5.35. The number of benzene rings is 1. The molecule has 0 saturated carbocycles. The van der Waals surface area contributed by atoms with Crippen molar-refractivity contribution in [3.63, 3.8) is 0 Å². The number of alkyl halides is 3. The van der Waals surface area contributed by atoms with E-state index in [4.69, 9.17) is 5.11 Å². The Balaban J connectivity index is 2.90. The molecule has 0 fully saturated rings. The normalized spacial score (nSPS) is 14.1. The molecule has 1 aromatic rings. The second kappa shape index (κ2) is 5.57. The molecule has 1 rings (SSSR count). The molecule has 0 aliphatic carbocycles. The van der Waals surface area contributed by atoms with Crippen LogP contribution in [0.5, 0.6) is 0 Å². The van der Waals surface area contributed by atoms with Crippen LogP contribution >= 0.6 is 0 Å². The lowest BCUT2D eigenvalue weighted by atomic mass is 10.1. The average Bonchev–Trinajstić information content (AvgIpc) is 2.27. The predicted molar refractivity (Wildman–Crippen MR) is 59.7 cm³/mol. The van der Waals surface area contributed by atoms with Gasteiger partial charge in [-0.05, 0) is 12.0 Å². The van der Waals surface area contributed by atoms with E-state index in [2.05, 4.69) is 0 Å². The van der Waals surface area contributed by atoms with Crippen molar-refractivity contribution in [1.29, 1.82) is 0 Å². The van der Waals surface area contributed by atoms with Crippen LogP contribution in [-0.4, -0.2) is 31.0 Å². The molecule has 5 nitrogen and oxygen atoms in total. The van der Waals surface area contributed by atoms with Crippen LogP contribution in [0.4, 0.5) is 13.2 Å². The monoisotopic (exact) mass is 297 g/mol. The van der Waals surface area contributed by atoms with Crippen LogP contribution in [-0.2, 0) is 21.2 Å². The van der Waals surface area contributed by atoms with Crippen LogP contribution in [0.3, 0.4) is 0 Å². The zero-order chi connectivity index (χ0) is 14.7. The Labute approximate surface area is 107 Å². The highest BCUT2D eigenvalue weighted by Gasteiger charge is 2.47. The number of sulfonamides is 1. The summed E-state index contributed by atoms with van der Waals surface area (Å²) in [5.74, 6) is -1.68. The van der Waals surface area contributed by atoms with Crippen molar-refractivity contribution in [1.82, 2.24) is 4.72 Å². The number of carboxylic acids is 1. The first-order chi connectivity index (χ1) is 8.63. The summed E-state index contributed by atoms with van der Waals surface area (Å²) in [6.45, 7) is 0. The summed E-state index contributed by atoms with van der Waals surface area (Å²) < 4.78 is 59.3. The van der Waals surface area contributed by atoms with Gasteiger partial charge in [0.1, 0.15) is 6.04 Å². The number of hydrogen-bond donors (Lipinski definition) is 2. The summed E-state index contributed by atoms with van der Waals surface area (Å²) in [5.41, 5.74) is -5.14. The third kappa shape index (κ3) is 4.21. The average molecular weight is 297 g/mol. The van der Waals surface area contributed by atoms with E-state index >= 15 is 0 Å². The molecule has 19 heavy (non-hydrogen) atoms. The number of carbonyl (C=O) groups is 1. The third-order valence-electron chi connectivity index (χ3n) is 2.18. The summed E-state index contributed by atoms with van der Waals surface area (Å²) >= 11 is 0. The Kier molecular flexibility index (Phi) is 4.53. The standard InChI is InChI=1S/C10H10F3NO4S/c11-10(12,13)19(17,18)14-8(9(15)16)6-7-4-2-1-3-5-7/h1-5,8,14H,6H2,(H,15,16)/t8-/m1/s1. The molecular formula is C10H10F3NO4S. The van der Waals surface area contributed by atoms with Crippen LogP contribution < -0.4 is 4.72 Å². The van der Waals surface area contributed by atoms with Crippen molar-refractivity contribution in [2.45, 2.75) is 18.0 Å². The van der Waals surface area contributed by atoms with Gasteiger partial charge < -0.3 is 5.11 Å². The molecule has 106 valence electrons. The van der Waals surface area contributed by atoms with Gasteiger partial charge in [0.05, 0.1) is 0 Å². The molecular weight excluding hydrogens is 287 g/mol. The largest absolute Gasteiger partial charge is 0.511 e. The Morgan fingerprint density at radius 3 is 2.21 bits per heavy atom. The Morgan fingerprint density at radius 1 is 1.26 bits per heavy atom. The number of rotatable bonds is 5. The van der Waals surface area contributed by atoms with E-state index in [1.165, 1.54) is 12.1 Å². The van der Waals surface area contributed by atoms with Gasteiger partial charge in [0.2, 0.25) is 0 Å². The molecule has 0 spiro atoms. The van der Waals surface area contributed by atoms with Gasteiger partial charge in [-0.3, -0.25) is 4.79 Å². The minimum Gasteiger partial charge on any atom is -0.480 e. The fraction of sp³-hybridized carbons (Fsp3) is 0.300. The Morgan fingerprint density at radius 2 is 1.79 bits per heavy atom. The minimum atomic E-state index is -5.69. The lowest BCUT2D eigenvalue weighted by Gasteiger charge is -2.16. The van der Waals surface area contributed by atoms with Crippen molar-refractivity contribution in [3.05, 3.63) is 35.9 Å². The molecule has 0 aliphatic rings. The van der Waals surface area contributed by atoms with E-state index < -0.39 is 27.5 Å². The van der Waals surface area contributed by atoms with Crippen LogP contribution in [0.15, 0.2) is 30.3 Å². The quantitative estimate of drug-likeness (QED) is 0.853. The minimum absolute atomic E-state index is 0.383. The highest BCUT2D eigenvalue weighted by atomic mass is 32.2. The summed E-state index contributed by atoms with van der Waals surface area (Å²) in [4.78, 5) is 10.8. The van der Waals surface area contributed by atoms with Gasteiger partial charge in [-0.2, -0.15) is 17.9 Å². The zero-order valence-corrected chi connectivity index (χ0v) is 10.2. The van der Waals surface area contributed by atoms with E-state index in [9.17, 15) is 26.4 Å². The lowest BCUT2D eigenvalue weighted by Crippen LogP contribution is -2.47. The molecule has 0 saturated heterocycles. The van der Waals surface area contributed by atoms with E-state index in [-0.39, 0.29) is 6.42 Å². The molecule has 2 N–H and O–H groups in total. The Hall–Kier alpha value is -1.61. The number of aliphatic carboxylic acids is 1. The number of halogens is 3. The molecule has 0 heterocycles. The summed E-state index contributed by atoms with van der Waals surface area (Å²) in [7, 11) is -5.69. The van der Waals surface area contributed by atoms with E-state index in [1.807, 2.05) is 0 Å². The molecule has 0 bridgehead atoms. The lowest BCUT2D eigenvalue weighted by molar-refractivity contribution is -0.139. The first-order valence-corrected chi connectivity index (χ1v) is 6.47. The van der Waals surface area contributed by atoms with E-state index in [1.54, 1.807) is 18.2 Å². The van der Waals surface area contributed by atoms with E-state index in [0.717, 1.165) is 4.72 Å². The summed E-state index contributed by atoms with van der Waals surface area (Å²) in [6.07, 6.45) is -0.383. The molecule has 0 unspecified atom stereocenters. The first-order valence-electron chi connectivity index (χ1n) is 4.99. The Bertz CT molecular complexity index is 542. The van der Waals surface area contributed by atoms with E-state index in [0.29, 0.717) is 5.56 Å². The molecule has 1 aromatic carbocycles. The molecule has 1 atom stereocenters. The topological polar surface area (TPSA) is 83.5 Å². The molecule has 0 aromatic heterocycles. The third-order valence-corrected chi connectivity index (χ3v) is 3.39. The van der Waals surface area contributed by atoms with Crippen LogP contribution in [0.1, 0.15) is 5.56 Å². The molecule has 0 amide bonds. The molecule has 0 aliphatic heterocycles. The highest BCUT2D eigenvalue weighted by molar-refractivity contribution is 7.90. The number of hydrogen-bond acceptors (Lipinski definition) is 3. The van der Waals surface area contributed by atoms with Crippen molar-refractivity contribution in [2.75, 3.05) is 0 Å². The van der Waals surface area contributed by atoms with Crippen molar-refractivity contribution in [2.24, 2.45) is 0 Å². The smallest absolute Gasteiger partial charge is 0.480 e. The molecule has 9 heteroatoms. The molecule has 0 radical (unpaired) electrons.